The van der Waals surface area contributed by atoms with Gasteiger partial charge in [0.05, 0.1) is 28.9 Å². The van der Waals surface area contributed by atoms with Gasteiger partial charge in [0.15, 0.2) is 5.65 Å². The van der Waals surface area contributed by atoms with Crippen LogP contribution in [0.2, 0.25) is 0 Å². The monoisotopic (exact) mass is 489 g/mol. The number of carbonyl (C=O) groups is 2. The summed E-state index contributed by atoms with van der Waals surface area (Å²) in [6.07, 6.45) is 3.80. The number of nitrogen functional groups attached to an aromatic ring is 1. The van der Waals surface area contributed by atoms with E-state index in [2.05, 4.69) is 22.2 Å². The first-order valence-electron chi connectivity index (χ1n) is 11.8. The fraction of sp³-hybridized carbons (Fsp3) is 0.400. The number of nitrogens with one attached hydrogen (secondary N) is 1. The molecule has 11 heteroatoms. The Morgan fingerprint density at radius 3 is 2.75 bits per heavy atom. The maximum atomic E-state index is 13.2. The molecular formula is C25H31N9O2. The van der Waals surface area contributed by atoms with Crippen LogP contribution in [0.15, 0.2) is 36.8 Å². The Kier molecular flexibility index (Phi) is 6.96. The van der Waals surface area contributed by atoms with Gasteiger partial charge in [0, 0.05) is 46.1 Å². The first kappa shape index (κ1) is 24.8. The van der Waals surface area contributed by atoms with Crippen molar-refractivity contribution in [2.24, 2.45) is 5.92 Å². The minimum absolute atomic E-state index is 0.00485. The molecule has 11 nitrogen and oxygen atoms in total. The summed E-state index contributed by atoms with van der Waals surface area (Å²) in [5, 5.41) is 12.5. The summed E-state index contributed by atoms with van der Waals surface area (Å²) in [4.78, 5) is 40.1. The Bertz CT molecular complexity index is 1330. The second kappa shape index (κ2) is 10.1. The normalized spacial score (nSPS) is 17.5. The molecule has 3 aromatic rings. The molecule has 0 unspecified atom stereocenters. The summed E-state index contributed by atoms with van der Waals surface area (Å²) in [5.41, 5.74) is 8.44. The van der Waals surface area contributed by atoms with Gasteiger partial charge in [0.1, 0.15) is 18.6 Å². The molecule has 1 aromatic carbocycles. The molecule has 3 N–H and O–H groups in total. The maximum Gasteiger partial charge on any atom is 0.331 e. The zero-order valence-corrected chi connectivity index (χ0v) is 21.0. The SMILES string of the molecule is C[C@@H]1CCN(C(=O)CC#N)C[C@@H]1N(C)c1ncnc2c1ccn2C(=O)Nc1cc(N(C)C)ccc1N. The van der Waals surface area contributed by atoms with Gasteiger partial charge in [-0.05, 0) is 36.6 Å². The highest BCUT2D eigenvalue weighted by molar-refractivity contribution is 6.01. The Morgan fingerprint density at radius 1 is 1.25 bits per heavy atom. The van der Waals surface area contributed by atoms with Crippen LogP contribution in [0, 0.1) is 17.2 Å². The Hall–Kier alpha value is -4.33. The minimum atomic E-state index is -0.390. The van der Waals surface area contributed by atoms with E-state index in [0.717, 1.165) is 17.5 Å². The number of piperidine rings is 1. The number of hydrogen-bond acceptors (Lipinski definition) is 8. The van der Waals surface area contributed by atoms with E-state index < -0.39 is 0 Å². The molecule has 2 amide bonds. The van der Waals surface area contributed by atoms with Gasteiger partial charge in [-0.1, -0.05) is 6.92 Å². The average Bonchev–Trinajstić information content (AvgIpc) is 3.29. The van der Waals surface area contributed by atoms with E-state index >= 15 is 0 Å². The number of rotatable bonds is 5. The number of benzene rings is 1. The van der Waals surface area contributed by atoms with E-state index in [1.807, 2.05) is 55.2 Å². The zero-order valence-electron chi connectivity index (χ0n) is 21.0. The standard InChI is InChI=1S/C25H31N9O2/c1-16-8-11-33(22(35)7-10-26)14-21(16)32(4)23-18-9-12-34(24(18)29-15-28-23)25(36)30-20-13-17(31(2)3)5-6-19(20)27/h5-6,9,12-13,15-16,21H,7-8,11,14,27H2,1-4H3,(H,30,36)/t16-,21+/m1/s1. The molecule has 0 aliphatic carbocycles. The number of amides is 2. The number of likely N-dealkylation sites (tertiary alicyclic amines) is 1. The maximum absolute atomic E-state index is 13.2. The van der Waals surface area contributed by atoms with E-state index in [1.165, 1.54) is 10.9 Å². The molecule has 2 atom stereocenters. The summed E-state index contributed by atoms with van der Waals surface area (Å²) in [6, 6.07) is 8.82. The summed E-state index contributed by atoms with van der Waals surface area (Å²) in [6.45, 7) is 3.29. The Balaban J connectivity index is 1.60. The lowest BCUT2D eigenvalue weighted by Crippen LogP contribution is -2.52. The molecule has 36 heavy (non-hydrogen) atoms. The second-order valence-electron chi connectivity index (χ2n) is 9.34. The molecule has 1 saturated heterocycles. The lowest BCUT2D eigenvalue weighted by molar-refractivity contribution is -0.131. The third kappa shape index (κ3) is 4.75. The van der Waals surface area contributed by atoms with Crippen molar-refractivity contribution in [3.8, 4) is 6.07 Å². The van der Waals surface area contributed by atoms with Crippen molar-refractivity contribution >= 4 is 45.9 Å². The molecule has 1 aliphatic rings. The number of likely N-dealkylation sites (N-methyl/N-ethyl adjacent to an activating group) is 1. The van der Waals surface area contributed by atoms with Gasteiger partial charge in [-0.15, -0.1) is 0 Å². The molecule has 4 rings (SSSR count). The van der Waals surface area contributed by atoms with Gasteiger partial charge in [0.2, 0.25) is 5.91 Å². The van der Waals surface area contributed by atoms with Crippen molar-refractivity contribution in [3.63, 3.8) is 0 Å². The average molecular weight is 490 g/mol. The van der Waals surface area contributed by atoms with Gasteiger partial charge < -0.3 is 25.8 Å². The molecule has 1 aliphatic heterocycles. The molecule has 0 spiro atoms. The smallest absolute Gasteiger partial charge is 0.331 e. The van der Waals surface area contributed by atoms with Crippen LogP contribution in [-0.4, -0.2) is 71.6 Å². The highest BCUT2D eigenvalue weighted by Gasteiger charge is 2.33. The molecule has 1 fully saturated rings. The van der Waals surface area contributed by atoms with Crippen molar-refractivity contribution < 1.29 is 9.59 Å². The largest absolute Gasteiger partial charge is 0.397 e. The van der Waals surface area contributed by atoms with E-state index in [-0.39, 0.29) is 24.4 Å². The second-order valence-corrected chi connectivity index (χ2v) is 9.34. The van der Waals surface area contributed by atoms with Crippen LogP contribution >= 0.6 is 0 Å². The van der Waals surface area contributed by atoms with Crippen molar-refractivity contribution in [1.82, 2.24) is 19.4 Å². The summed E-state index contributed by atoms with van der Waals surface area (Å²) >= 11 is 0. The van der Waals surface area contributed by atoms with Gasteiger partial charge >= 0.3 is 6.03 Å². The molecule has 3 heterocycles. The number of nitrogens with two attached hydrogens (primary N) is 1. The number of fused-ring (bicyclic) bond motifs is 1. The summed E-state index contributed by atoms with van der Waals surface area (Å²) in [5.74, 6) is 0.826. The number of hydrogen-bond donors (Lipinski definition) is 2. The van der Waals surface area contributed by atoms with Crippen molar-refractivity contribution in [2.75, 3.05) is 55.1 Å². The fourth-order valence-electron chi connectivity index (χ4n) is 4.61. The predicted octanol–water partition coefficient (Wildman–Crippen LogP) is 2.75. The van der Waals surface area contributed by atoms with Crippen LogP contribution in [0.25, 0.3) is 11.0 Å². The minimum Gasteiger partial charge on any atom is -0.397 e. The Labute approximate surface area is 210 Å². The van der Waals surface area contributed by atoms with E-state index in [1.54, 1.807) is 17.2 Å². The molecule has 0 radical (unpaired) electrons. The lowest BCUT2D eigenvalue weighted by atomic mass is 9.92. The first-order chi connectivity index (χ1) is 17.2. The van der Waals surface area contributed by atoms with E-state index in [0.29, 0.717) is 41.8 Å². The van der Waals surface area contributed by atoms with Gasteiger partial charge in [0.25, 0.3) is 0 Å². The highest BCUT2D eigenvalue weighted by Crippen LogP contribution is 2.30. The number of carbonyl (C=O) groups excluding carboxylic acids is 2. The van der Waals surface area contributed by atoms with Crippen molar-refractivity contribution in [3.05, 3.63) is 36.8 Å². The number of aromatic nitrogens is 3. The fourth-order valence-corrected chi connectivity index (χ4v) is 4.61. The summed E-state index contributed by atoms with van der Waals surface area (Å²) in [7, 11) is 5.76. The topological polar surface area (TPSA) is 136 Å². The third-order valence-electron chi connectivity index (χ3n) is 6.81. The molecule has 0 saturated carbocycles. The van der Waals surface area contributed by atoms with Gasteiger partial charge in [-0.2, -0.15) is 5.26 Å². The van der Waals surface area contributed by atoms with Crippen LogP contribution in [0.5, 0.6) is 0 Å². The quantitative estimate of drug-likeness (QED) is 0.522. The molecular weight excluding hydrogens is 458 g/mol. The van der Waals surface area contributed by atoms with Crippen LogP contribution < -0.4 is 20.9 Å². The first-order valence-corrected chi connectivity index (χ1v) is 11.8. The van der Waals surface area contributed by atoms with E-state index in [9.17, 15) is 9.59 Å². The van der Waals surface area contributed by atoms with Crippen LogP contribution in [0.3, 0.4) is 0 Å². The number of nitriles is 1. The van der Waals surface area contributed by atoms with Crippen LogP contribution in [0.1, 0.15) is 19.8 Å². The third-order valence-corrected chi connectivity index (χ3v) is 6.81. The molecule has 0 bridgehead atoms. The van der Waals surface area contributed by atoms with E-state index in [4.69, 9.17) is 11.0 Å². The molecule has 2 aromatic heterocycles. The van der Waals surface area contributed by atoms with Crippen molar-refractivity contribution in [1.29, 1.82) is 5.26 Å². The summed E-state index contributed by atoms with van der Waals surface area (Å²) < 4.78 is 1.43. The van der Waals surface area contributed by atoms with Crippen LogP contribution in [-0.2, 0) is 4.79 Å². The molecule has 188 valence electrons. The van der Waals surface area contributed by atoms with Crippen LogP contribution in [0.4, 0.5) is 27.7 Å². The number of anilines is 4. The Morgan fingerprint density at radius 2 is 2.03 bits per heavy atom. The van der Waals surface area contributed by atoms with Gasteiger partial charge in [-0.3, -0.25) is 9.36 Å². The highest BCUT2D eigenvalue weighted by atomic mass is 16.2. The lowest BCUT2D eigenvalue weighted by Gasteiger charge is -2.42. The predicted molar refractivity (Wildman–Crippen MR) is 140 cm³/mol. The van der Waals surface area contributed by atoms with Gasteiger partial charge in [-0.25, -0.2) is 14.8 Å². The zero-order chi connectivity index (χ0) is 26.0. The van der Waals surface area contributed by atoms with Crippen molar-refractivity contribution in [2.45, 2.75) is 25.8 Å². The number of nitrogens with zero attached hydrogens (tertiary/aromatic N) is 7.